The van der Waals surface area contributed by atoms with Crippen molar-refractivity contribution in [2.45, 2.75) is 6.54 Å². The van der Waals surface area contributed by atoms with Crippen molar-refractivity contribution in [3.8, 4) is 0 Å². The lowest BCUT2D eigenvalue weighted by atomic mass is 10.2. The highest BCUT2D eigenvalue weighted by Crippen LogP contribution is 2.08. The van der Waals surface area contributed by atoms with Gasteiger partial charge in [-0.2, -0.15) is 0 Å². The van der Waals surface area contributed by atoms with Crippen LogP contribution in [0.4, 0.5) is 10.3 Å². The lowest BCUT2D eigenvalue weighted by Crippen LogP contribution is -2.27. The third-order valence-corrected chi connectivity index (χ3v) is 2.90. The minimum absolute atomic E-state index is 0.266. The highest BCUT2D eigenvalue weighted by molar-refractivity contribution is 5.93. The van der Waals surface area contributed by atoms with E-state index in [1.807, 2.05) is 0 Å². The van der Waals surface area contributed by atoms with Crippen molar-refractivity contribution >= 4 is 11.9 Å². The minimum atomic E-state index is -0.288. The van der Waals surface area contributed by atoms with Crippen LogP contribution >= 0.6 is 0 Å². The number of methoxy groups -OCH3 is 1. The molecular weight excluding hydrogens is 287 g/mol. The van der Waals surface area contributed by atoms with Gasteiger partial charge in [0.05, 0.1) is 12.2 Å². The van der Waals surface area contributed by atoms with Crippen LogP contribution in [0.5, 0.6) is 0 Å². The number of nitrogens with zero attached hydrogens (tertiary/aromatic N) is 2. The first kappa shape index (κ1) is 15.8. The number of rotatable bonds is 7. The second-order valence-electron chi connectivity index (χ2n) is 4.49. The van der Waals surface area contributed by atoms with Gasteiger partial charge in [0.15, 0.2) is 0 Å². The van der Waals surface area contributed by atoms with E-state index in [9.17, 15) is 9.18 Å². The van der Waals surface area contributed by atoms with E-state index in [4.69, 9.17) is 4.74 Å². The molecule has 1 aromatic carbocycles. The molecule has 0 atom stereocenters. The summed E-state index contributed by atoms with van der Waals surface area (Å²) in [4.78, 5) is 19.8. The molecule has 2 aromatic rings. The van der Waals surface area contributed by atoms with Crippen LogP contribution in [-0.2, 0) is 11.3 Å². The van der Waals surface area contributed by atoms with Crippen molar-refractivity contribution in [2.24, 2.45) is 0 Å². The van der Waals surface area contributed by atoms with Gasteiger partial charge in [0.2, 0.25) is 5.95 Å². The number of amides is 1. The number of carbonyl (C=O) groups excluding carboxylic acids is 1. The molecule has 2 N–H and O–H groups in total. The molecule has 0 aliphatic carbocycles. The predicted molar refractivity (Wildman–Crippen MR) is 80.0 cm³/mol. The molecule has 0 bridgehead atoms. The second kappa shape index (κ2) is 8.04. The summed E-state index contributed by atoms with van der Waals surface area (Å²) in [5.74, 6) is -0.224. The molecule has 116 valence electrons. The Hall–Kier alpha value is -2.54. The summed E-state index contributed by atoms with van der Waals surface area (Å²) in [7, 11) is 1.56. The maximum Gasteiger partial charge on any atom is 0.254 e. The lowest BCUT2D eigenvalue weighted by molar-refractivity contribution is 0.0936. The monoisotopic (exact) mass is 304 g/mol. The fraction of sp³-hybridized carbons (Fsp3) is 0.267. The molecule has 6 nitrogen and oxygen atoms in total. The Balaban J connectivity index is 1.89. The number of halogens is 1. The molecule has 0 fully saturated rings. The van der Waals surface area contributed by atoms with Gasteiger partial charge in [0, 0.05) is 38.2 Å². The highest BCUT2D eigenvalue weighted by atomic mass is 19.1. The molecular formula is C15H17FN4O2. The summed E-state index contributed by atoms with van der Waals surface area (Å²) in [5.41, 5.74) is 0.875. The quantitative estimate of drug-likeness (QED) is 0.760. The molecule has 7 heteroatoms. The lowest BCUT2D eigenvalue weighted by Gasteiger charge is -2.07. The maximum absolute atomic E-state index is 13.5. The van der Waals surface area contributed by atoms with Gasteiger partial charge in [-0.15, -0.1) is 0 Å². The van der Waals surface area contributed by atoms with Crippen LogP contribution < -0.4 is 10.6 Å². The Morgan fingerprint density at radius 2 is 2.00 bits per heavy atom. The summed E-state index contributed by atoms with van der Waals surface area (Å²) < 4.78 is 18.3. The van der Waals surface area contributed by atoms with E-state index >= 15 is 0 Å². The average molecular weight is 304 g/mol. The van der Waals surface area contributed by atoms with E-state index in [1.165, 1.54) is 18.5 Å². The third kappa shape index (κ3) is 4.49. The average Bonchev–Trinajstić information content (AvgIpc) is 2.55. The first-order chi connectivity index (χ1) is 10.7. The second-order valence-corrected chi connectivity index (χ2v) is 4.49. The molecule has 0 spiro atoms. The summed E-state index contributed by atoms with van der Waals surface area (Å²) in [6, 6.07) is 6.46. The maximum atomic E-state index is 13.5. The summed E-state index contributed by atoms with van der Waals surface area (Å²) in [6.45, 7) is 1.13. The van der Waals surface area contributed by atoms with Crippen molar-refractivity contribution < 1.29 is 13.9 Å². The van der Waals surface area contributed by atoms with Crippen molar-refractivity contribution in [3.05, 3.63) is 53.6 Å². The number of carbonyl (C=O) groups is 1. The van der Waals surface area contributed by atoms with Crippen molar-refractivity contribution in [3.63, 3.8) is 0 Å². The van der Waals surface area contributed by atoms with Gasteiger partial charge in [-0.05, 0) is 6.07 Å². The minimum Gasteiger partial charge on any atom is -0.383 e. The number of benzene rings is 1. The predicted octanol–water partition coefficient (Wildman–Crippen LogP) is 1.60. The summed E-state index contributed by atoms with van der Waals surface area (Å²) >= 11 is 0. The first-order valence-electron chi connectivity index (χ1n) is 6.77. The Morgan fingerprint density at radius 1 is 1.27 bits per heavy atom. The molecule has 1 aromatic heterocycles. The van der Waals surface area contributed by atoms with Crippen molar-refractivity contribution in [1.82, 2.24) is 15.3 Å². The SMILES string of the molecule is COCCNC(=O)c1cnc(NCc2ccccc2F)nc1. The zero-order valence-electron chi connectivity index (χ0n) is 12.2. The standard InChI is InChI=1S/C15H17FN4O2/c1-22-7-6-17-14(21)12-9-19-15(20-10-12)18-8-11-4-2-3-5-13(11)16/h2-5,9-10H,6-8H2,1H3,(H,17,21)(H,18,19,20). The number of anilines is 1. The van der Waals surface area contributed by atoms with Crippen LogP contribution in [0.2, 0.25) is 0 Å². The zero-order chi connectivity index (χ0) is 15.8. The van der Waals surface area contributed by atoms with Crippen LogP contribution in [0.15, 0.2) is 36.7 Å². The molecule has 0 saturated carbocycles. The molecule has 1 heterocycles. The Morgan fingerprint density at radius 3 is 2.68 bits per heavy atom. The molecule has 2 rings (SSSR count). The fourth-order valence-corrected chi connectivity index (χ4v) is 1.72. The number of nitrogens with one attached hydrogen (secondary N) is 2. The topological polar surface area (TPSA) is 76.1 Å². The van der Waals surface area contributed by atoms with E-state index in [0.717, 1.165) is 0 Å². The van der Waals surface area contributed by atoms with Gasteiger partial charge in [0.1, 0.15) is 5.82 Å². The van der Waals surface area contributed by atoms with Crippen LogP contribution in [0.25, 0.3) is 0 Å². The smallest absolute Gasteiger partial charge is 0.254 e. The highest BCUT2D eigenvalue weighted by Gasteiger charge is 2.07. The van der Waals surface area contributed by atoms with Gasteiger partial charge in [-0.3, -0.25) is 4.79 Å². The Kier molecular flexibility index (Phi) is 5.79. The van der Waals surface area contributed by atoms with Gasteiger partial charge in [-0.25, -0.2) is 14.4 Å². The first-order valence-corrected chi connectivity index (χ1v) is 6.77. The zero-order valence-corrected chi connectivity index (χ0v) is 12.2. The molecule has 0 radical (unpaired) electrons. The summed E-state index contributed by atoms with van der Waals surface area (Å²) in [6.07, 6.45) is 2.83. The van der Waals surface area contributed by atoms with E-state index in [1.54, 1.807) is 25.3 Å². The largest absolute Gasteiger partial charge is 0.383 e. The number of ether oxygens (including phenoxy) is 1. The van der Waals surface area contributed by atoms with Gasteiger partial charge >= 0.3 is 0 Å². The third-order valence-electron chi connectivity index (χ3n) is 2.90. The Labute approximate surface area is 127 Å². The number of hydrogen-bond donors (Lipinski definition) is 2. The molecule has 0 saturated heterocycles. The molecule has 0 aliphatic heterocycles. The van der Waals surface area contributed by atoms with E-state index in [2.05, 4.69) is 20.6 Å². The van der Waals surface area contributed by atoms with Crippen LogP contribution in [0.3, 0.4) is 0 Å². The number of hydrogen-bond acceptors (Lipinski definition) is 5. The Bertz CT molecular complexity index is 619. The van der Waals surface area contributed by atoms with Gasteiger partial charge in [-0.1, -0.05) is 18.2 Å². The summed E-state index contributed by atoms with van der Waals surface area (Å²) in [5, 5.41) is 5.58. The normalized spacial score (nSPS) is 10.3. The van der Waals surface area contributed by atoms with Crippen molar-refractivity contribution in [1.29, 1.82) is 0 Å². The molecule has 0 unspecified atom stereocenters. The van der Waals surface area contributed by atoms with Gasteiger partial charge < -0.3 is 15.4 Å². The number of aromatic nitrogens is 2. The fourth-order valence-electron chi connectivity index (χ4n) is 1.72. The van der Waals surface area contributed by atoms with E-state index in [0.29, 0.717) is 30.2 Å². The molecule has 0 aliphatic rings. The van der Waals surface area contributed by atoms with Gasteiger partial charge in [0.25, 0.3) is 5.91 Å². The molecule has 22 heavy (non-hydrogen) atoms. The van der Waals surface area contributed by atoms with E-state index < -0.39 is 0 Å². The van der Waals surface area contributed by atoms with Crippen LogP contribution in [0, 0.1) is 5.82 Å². The molecule has 1 amide bonds. The van der Waals surface area contributed by atoms with Crippen LogP contribution in [0.1, 0.15) is 15.9 Å². The van der Waals surface area contributed by atoms with Crippen molar-refractivity contribution in [2.75, 3.05) is 25.6 Å². The van der Waals surface area contributed by atoms with E-state index in [-0.39, 0.29) is 18.3 Å². The van der Waals surface area contributed by atoms with Crippen LogP contribution in [-0.4, -0.2) is 36.1 Å².